The van der Waals surface area contributed by atoms with Gasteiger partial charge in [-0.15, -0.1) is 0 Å². The summed E-state index contributed by atoms with van der Waals surface area (Å²) in [6, 6.07) is 0.102. The molecule has 0 spiro atoms. The Balaban J connectivity index is 3.12. The van der Waals surface area contributed by atoms with Crippen LogP contribution in [0, 0.1) is 0 Å². The molecule has 0 aliphatic rings. The molecule has 3 nitrogen and oxygen atoms in total. The number of ether oxygens (including phenoxy) is 1. The molecule has 3 heteroatoms. The van der Waals surface area contributed by atoms with E-state index < -0.39 is 0 Å². The lowest BCUT2D eigenvalue weighted by atomic mass is 10.1. The van der Waals surface area contributed by atoms with Crippen molar-refractivity contribution in [1.29, 1.82) is 0 Å². The van der Waals surface area contributed by atoms with Crippen molar-refractivity contribution in [3.05, 3.63) is 0 Å². The third-order valence-corrected chi connectivity index (χ3v) is 2.67. The molecule has 0 aliphatic heterocycles. The molecule has 1 unspecified atom stereocenters. The van der Waals surface area contributed by atoms with Crippen molar-refractivity contribution in [2.24, 2.45) is 0 Å². The Bertz CT molecular complexity index is 131. The highest BCUT2D eigenvalue weighted by Crippen LogP contribution is 2.04. The zero-order valence-corrected chi connectivity index (χ0v) is 11.0. The van der Waals surface area contributed by atoms with E-state index in [1.165, 1.54) is 32.1 Å². The Kier molecular flexibility index (Phi) is 12.9. The molecule has 0 aromatic carbocycles. The van der Waals surface area contributed by atoms with Crippen LogP contribution in [0.5, 0.6) is 0 Å². The van der Waals surface area contributed by atoms with Crippen molar-refractivity contribution in [3.8, 4) is 0 Å². The predicted molar refractivity (Wildman–Crippen MR) is 68.7 cm³/mol. The highest BCUT2D eigenvalue weighted by Gasteiger charge is 2.04. The van der Waals surface area contributed by atoms with Crippen LogP contribution in [-0.2, 0) is 4.74 Å². The average Bonchev–Trinajstić information content (AvgIpc) is 2.31. The molecule has 1 atom stereocenters. The lowest BCUT2D eigenvalue weighted by Gasteiger charge is -2.14. The molecule has 2 N–H and O–H groups in total. The van der Waals surface area contributed by atoms with Crippen molar-refractivity contribution in [2.45, 2.75) is 58.4 Å². The summed E-state index contributed by atoms with van der Waals surface area (Å²) in [7, 11) is 0. The molecule has 0 fully saturated rings. The standard InChI is InChI=1S/C13H29NO2/c1-3-5-6-7-8-9-10-16-12-13(11-15)14-4-2/h13-15H,3-12H2,1-2H3. The molecular weight excluding hydrogens is 202 g/mol. The Morgan fingerprint density at radius 3 is 2.38 bits per heavy atom. The Hall–Kier alpha value is -0.120. The monoisotopic (exact) mass is 231 g/mol. The summed E-state index contributed by atoms with van der Waals surface area (Å²) in [6.45, 7) is 6.76. The van der Waals surface area contributed by atoms with E-state index in [2.05, 4.69) is 12.2 Å². The van der Waals surface area contributed by atoms with Gasteiger partial charge >= 0.3 is 0 Å². The van der Waals surface area contributed by atoms with Crippen LogP contribution < -0.4 is 5.32 Å². The van der Waals surface area contributed by atoms with Crippen LogP contribution in [0.2, 0.25) is 0 Å². The van der Waals surface area contributed by atoms with Crippen molar-refractivity contribution in [3.63, 3.8) is 0 Å². The molecule has 0 amide bonds. The van der Waals surface area contributed by atoms with Crippen molar-refractivity contribution < 1.29 is 9.84 Å². The second kappa shape index (κ2) is 12.9. The minimum atomic E-state index is 0.102. The smallest absolute Gasteiger partial charge is 0.0642 e. The molecule has 0 aromatic rings. The van der Waals surface area contributed by atoms with Crippen LogP contribution in [0.15, 0.2) is 0 Å². The normalized spacial score (nSPS) is 12.9. The number of hydrogen-bond donors (Lipinski definition) is 2. The summed E-state index contributed by atoms with van der Waals surface area (Å²) in [6.07, 6.45) is 7.76. The fourth-order valence-electron chi connectivity index (χ4n) is 1.67. The molecule has 0 aromatic heterocycles. The summed E-state index contributed by atoms with van der Waals surface area (Å²) in [5, 5.41) is 12.2. The van der Waals surface area contributed by atoms with Gasteiger partial charge < -0.3 is 15.2 Å². The van der Waals surface area contributed by atoms with Gasteiger partial charge in [0.05, 0.1) is 19.3 Å². The SMILES string of the molecule is CCCCCCCCOCC(CO)NCC. The van der Waals surface area contributed by atoms with Gasteiger partial charge in [0.2, 0.25) is 0 Å². The van der Waals surface area contributed by atoms with Crippen LogP contribution in [0.25, 0.3) is 0 Å². The maximum absolute atomic E-state index is 9.01. The molecule has 98 valence electrons. The maximum Gasteiger partial charge on any atom is 0.0642 e. The number of likely N-dealkylation sites (N-methyl/N-ethyl adjacent to an activating group) is 1. The quantitative estimate of drug-likeness (QED) is 0.507. The van der Waals surface area contributed by atoms with E-state index in [4.69, 9.17) is 9.84 Å². The molecule has 0 heterocycles. The first-order chi connectivity index (χ1) is 7.85. The van der Waals surface area contributed by atoms with Crippen LogP contribution in [0.4, 0.5) is 0 Å². The molecule has 0 rings (SSSR count). The van der Waals surface area contributed by atoms with Crippen molar-refractivity contribution in [2.75, 3.05) is 26.4 Å². The first-order valence-electron chi connectivity index (χ1n) is 6.77. The van der Waals surface area contributed by atoms with Crippen LogP contribution in [-0.4, -0.2) is 37.5 Å². The van der Waals surface area contributed by atoms with Crippen LogP contribution >= 0.6 is 0 Å². The van der Waals surface area contributed by atoms with Gasteiger partial charge in [-0.25, -0.2) is 0 Å². The predicted octanol–water partition coefficient (Wildman–Crippen LogP) is 2.33. The van der Waals surface area contributed by atoms with Crippen LogP contribution in [0.1, 0.15) is 52.4 Å². The highest BCUT2D eigenvalue weighted by atomic mass is 16.5. The van der Waals surface area contributed by atoms with Gasteiger partial charge in [0.25, 0.3) is 0 Å². The van der Waals surface area contributed by atoms with E-state index in [0.717, 1.165) is 19.6 Å². The van der Waals surface area contributed by atoms with Gasteiger partial charge in [-0.05, 0) is 13.0 Å². The number of rotatable bonds is 12. The number of aliphatic hydroxyl groups is 1. The highest BCUT2D eigenvalue weighted by molar-refractivity contribution is 4.62. The summed E-state index contributed by atoms with van der Waals surface area (Å²) < 4.78 is 5.52. The maximum atomic E-state index is 9.01. The van der Waals surface area contributed by atoms with Gasteiger partial charge in [0, 0.05) is 6.61 Å². The van der Waals surface area contributed by atoms with Crippen LogP contribution in [0.3, 0.4) is 0 Å². The fourth-order valence-corrected chi connectivity index (χ4v) is 1.67. The Labute approximate surface area is 101 Å². The lowest BCUT2D eigenvalue weighted by Crippen LogP contribution is -2.36. The topological polar surface area (TPSA) is 41.5 Å². The van der Waals surface area contributed by atoms with E-state index in [-0.39, 0.29) is 12.6 Å². The zero-order valence-electron chi connectivity index (χ0n) is 11.0. The summed E-state index contributed by atoms with van der Waals surface area (Å²) in [5.74, 6) is 0. The second-order valence-corrected chi connectivity index (χ2v) is 4.28. The third kappa shape index (κ3) is 10.4. The molecule has 0 saturated carbocycles. The molecule has 0 saturated heterocycles. The summed E-state index contributed by atoms with van der Waals surface area (Å²) >= 11 is 0. The second-order valence-electron chi connectivity index (χ2n) is 4.28. The number of hydrogen-bond acceptors (Lipinski definition) is 3. The van der Waals surface area contributed by atoms with E-state index in [1.807, 2.05) is 6.92 Å². The minimum absolute atomic E-state index is 0.102. The Morgan fingerprint density at radius 2 is 1.75 bits per heavy atom. The first-order valence-corrected chi connectivity index (χ1v) is 6.77. The summed E-state index contributed by atoms with van der Waals surface area (Å²) in [5.41, 5.74) is 0. The van der Waals surface area contributed by atoms with Gasteiger partial charge in [-0.3, -0.25) is 0 Å². The molecular formula is C13H29NO2. The van der Waals surface area contributed by atoms with Crippen molar-refractivity contribution >= 4 is 0 Å². The first kappa shape index (κ1) is 15.9. The number of nitrogens with one attached hydrogen (secondary N) is 1. The minimum Gasteiger partial charge on any atom is -0.395 e. The average molecular weight is 231 g/mol. The number of aliphatic hydroxyl groups excluding tert-OH is 1. The van der Waals surface area contributed by atoms with E-state index in [0.29, 0.717) is 6.61 Å². The molecule has 0 bridgehead atoms. The molecule has 0 radical (unpaired) electrons. The Morgan fingerprint density at radius 1 is 1.06 bits per heavy atom. The molecule has 16 heavy (non-hydrogen) atoms. The molecule has 0 aliphatic carbocycles. The van der Waals surface area contributed by atoms with Gasteiger partial charge in [0.1, 0.15) is 0 Å². The van der Waals surface area contributed by atoms with E-state index in [9.17, 15) is 0 Å². The van der Waals surface area contributed by atoms with Gasteiger partial charge in [-0.1, -0.05) is 46.0 Å². The van der Waals surface area contributed by atoms with Crippen molar-refractivity contribution in [1.82, 2.24) is 5.32 Å². The lowest BCUT2D eigenvalue weighted by molar-refractivity contribution is 0.0867. The largest absolute Gasteiger partial charge is 0.395 e. The van der Waals surface area contributed by atoms with Gasteiger partial charge in [-0.2, -0.15) is 0 Å². The number of unbranched alkanes of at least 4 members (excludes halogenated alkanes) is 5. The third-order valence-electron chi connectivity index (χ3n) is 2.67. The zero-order chi connectivity index (χ0) is 12.1. The van der Waals surface area contributed by atoms with Gasteiger partial charge in [0.15, 0.2) is 0 Å². The fraction of sp³-hybridized carbons (Fsp3) is 1.00. The summed E-state index contributed by atoms with van der Waals surface area (Å²) in [4.78, 5) is 0. The van der Waals surface area contributed by atoms with E-state index >= 15 is 0 Å². The van der Waals surface area contributed by atoms with E-state index in [1.54, 1.807) is 0 Å².